The van der Waals surface area contributed by atoms with Crippen LogP contribution in [0.2, 0.25) is 0 Å². The summed E-state index contributed by atoms with van der Waals surface area (Å²) in [5.74, 6) is 0.935. The SMILES string of the molecule is ClCC1CO1.OC(CCl)CN1CCC(O)(Cc2ccccc2)CC1. The molecule has 0 bridgehead atoms. The average molecular weight is 376 g/mol. The summed E-state index contributed by atoms with van der Waals surface area (Å²) < 4.78 is 4.73. The van der Waals surface area contributed by atoms with Crippen LogP contribution in [0.1, 0.15) is 18.4 Å². The minimum absolute atomic E-state index is 0.269. The zero-order valence-electron chi connectivity index (χ0n) is 13.9. The molecule has 0 spiro atoms. The van der Waals surface area contributed by atoms with Crippen LogP contribution in [-0.2, 0) is 11.2 Å². The van der Waals surface area contributed by atoms with E-state index >= 15 is 0 Å². The lowest BCUT2D eigenvalue weighted by atomic mass is 9.85. The van der Waals surface area contributed by atoms with Crippen LogP contribution < -0.4 is 0 Å². The number of β-amino-alcohol motifs (C(OH)–C–C–N with tert-alkyl or cyclic N) is 1. The molecule has 2 aliphatic heterocycles. The molecule has 2 unspecified atom stereocenters. The number of piperidine rings is 1. The van der Waals surface area contributed by atoms with Crippen molar-refractivity contribution in [1.82, 2.24) is 4.90 Å². The van der Waals surface area contributed by atoms with Gasteiger partial charge in [-0.3, -0.25) is 0 Å². The maximum Gasteiger partial charge on any atom is 0.0944 e. The Balaban J connectivity index is 0.000000355. The summed E-state index contributed by atoms with van der Waals surface area (Å²) in [5, 5.41) is 20.2. The Kier molecular flexibility index (Phi) is 8.28. The highest BCUT2D eigenvalue weighted by molar-refractivity contribution is 6.18. The molecule has 0 radical (unpaired) electrons. The molecular formula is C18H27Cl2NO3. The van der Waals surface area contributed by atoms with Crippen molar-refractivity contribution in [2.24, 2.45) is 0 Å². The number of nitrogens with zero attached hydrogens (tertiary/aromatic N) is 1. The van der Waals surface area contributed by atoms with Crippen molar-refractivity contribution in [1.29, 1.82) is 0 Å². The Morgan fingerprint density at radius 1 is 1.21 bits per heavy atom. The van der Waals surface area contributed by atoms with Crippen molar-refractivity contribution in [3.8, 4) is 0 Å². The number of rotatable bonds is 6. The Morgan fingerprint density at radius 3 is 2.29 bits per heavy atom. The predicted octanol–water partition coefficient (Wildman–Crippen LogP) is 2.28. The highest BCUT2D eigenvalue weighted by Gasteiger charge is 2.32. The van der Waals surface area contributed by atoms with Gasteiger partial charge < -0.3 is 19.8 Å². The first kappa shape index (κ1) is 20.0. The summed E-state index contributed by atoms with van der Waals surface area (Å²) in [6.07, 6.45) is 2.13. The number of benzene rings is 1. The maximum absolute atomic E-state index is 10.6. The van der Waals surface area contributed by atoms with Crippen molar-refractivity contribution in [2.75, 3.05) is 38.0 Å². The number of hydrogen-bond acceptors (Lipinski definition) is 4. The van der Waals surface area contributed by atoms with Gasteiger partial charge in [-0.2, -0.15) is 0 Å². The average Bonchev–Trinajstić information content (AvgIpc) is 3.43. The summed E-state index contributed by atoms with van der Waals surface area (Å²) in [6, 6.07) is 10.1. The molecule has 0 aliphatic carbocycles. The third-order valence-electron chi connectivity index (χ3n) is 4.38. The van der Waals surface area contributed by atoms with Crippen LogP contribution in [0.4, 0.5) is 0 Å². The van der Waals surface area contributed by atoms with Crippen LogP contribution in [0.3, 0.4) is 0 Å². The highest BCUT2D eigenvalue weighted by atomic mass is 35.5. The van der Waals surface area contributed by atoms with Gasteiger partial charge >= 0.3 is 0 Å². The second kappa shape index (κ2) is 9.95. The summed E-state index contributed by atoms with van der Waals surface area (Å²) in [4.78, 5) is 2.17. The quantitative estimate of drug-likeness (QED) is 0.591. The number of epoxide rings is 1. The molecule has 2 saturated heterocycles. The van der Waals surface area contributed by atoms with Crippen molar-refractivity contribution in [3.05, 3.63) is 35.9 Å². The van der Waals surface area contributed by atoms with Gasteiger partial charge in [-0.05, 0) is 18.4 Å². The summed E-state index contributed by atoms with van der Waals surface area (Å²) >= 11 is 10.9. The molecule has 1 aromatic rings. The number of aliphatic hydroxyl groups excluding tert-OH is 1. The fourth-order valence-corrected chi connectivity index (χ4v) is 3.08. The lowest BCUT2D eigenvalue weighted by Gasteiger charge is -2.38. The van der Waals surface area contributed by atoms with Gasteiger partial charge in [0.05, 0.1) is 30.3 Å². The van der Waals surface area contributed by atoms with E-state index in [0.717, 1.165) is 32.5 Å². The Morgan fingerprint density at radius 2 is 1.83 bits per heavy atom. The van der Waals surface area contributed by atoms with Crippen LogP contribution in [0.5, 0.6) is 0 Å². The molecule has 136 valence electrons. The maximum atomic E-state index is 10.6. The Bertz CT molecular complexity index is 463. The Hall–Kier alpha value is -0.360. The molecule has 2 atom stereocenters. The first-order chi connectivity index (χ1) is 11.5. The number of likely N-dealkylation sites (tertiary alicyclic amines) is 1. The molecule has 3 rings (SSSR count). The van der Waals surface area contributed by atoms with E-state index in [-0.39, 0.29) is 5.88 Å². The van der Waals surface area contributed by atoms with E-state index in [1.54, 1.807) is 0 Å². The number of alkyl halides is 2. The molecule has 2 N–H and O–H groups in total. The van der Waals surface area contributed by atoms with E-state index in [0.29, 0.717) is 24.9 Å². The fourth-order valence-electron chi connectivity index (χ4n) is 2.81. The smallest absolute Gasteiger partial charge is 0.0944 e. The van der Waals surface area contributed by atoms with E-state index in [1.807, 2.05) is 18.2 Å². The first-order valence-electron chi connectivity index (χ1n) is 8.45. The van der Waals surface area contributed by atoms with Crippen LogP contribution in [0, 0.1) is 0 Å². The summed E-state index contributed by atoms with van der Waals surface area (Å²) in [5.41, 5.74) is 0.572. The second-order valence-corrected chi connectivity index (χ2v) is 7.22. The van der Waals surface area contributed by atoms with E-state index in [2.05, 4.69) is 17.0 Å². The van der Waals surface area contributed by atoms with Gasteiger partial charge in [0.2, 0.25) is 0 Å². The monoisotopic (exact) mass is 375 g/mol. The van der Waals surface area contributed by atoms with Gasteiger partial charge in [-0.25, -0.2) is 0 Å². The van der Waals surface area contributed by atoms with Gasteiger partial charge in [0, 0.05) is 31.9 Å². The normalized spacial score (nSPS) is 23.9. The van der Waals surface area contributed by atoms with Gasteiger partial charge in [0.1, 0.15) is 0 Å². The molecular weight excluding hydrogens is 349 g/mol. The largest absolute Gasteiger partial charge is 0.391 e. The van der Waals surface area contributed by atoms with Gasteiger partial charge in [-0.1, -0.05) is 30.3 Å². The zero-order chi connectivity index (χ0) is 17.4. The second-order valence-electron chi connectivity index (χ2n) is 6.61. The first-order valence-corrected chi connectivity index (χ1v) is 9.52. The van der Waals surface area contributed by atoms with E-state index in [4.69, 9.17) is 27.9 Å². The van der Waals surface area contributed by atoms with E-state index < -0.39 is 11.7 Å². The lowest BCUT2D eigenvalue weighted by molar-refractivity contribution is -0.0278. The number of halogens is 2. The highest BCUT2D eigenvalue weighted by Crippen LogP contribution is 2.26. The van der Waals surface area contributed by atoms with Crippen molar-refractivity contribution >= 4 is 23.2 Å². The van der Waals surface area contributed by atoms with Crippen LogP contribution in [0.15, 0.2) is 30.3 Å². The Labute approximate surface area is 154 Å². The van der Waals surface area contributed by atoms with Crippen molar-refractivity contribution in [2.45, 2.75) is 37.1 Å². The third kappa shape index (κ3) is 7.26. The predicted molar refractivity (Wildman–Crippen MR) is 98.0 cm³/mol. The summed E-state index contributed by atoms with van der Waals surface area (Å²) in [7, 11) is 0. The lowest BCUT2D eigenvalue weighted by Crippen LogP contribution is -2.47. The van der Waals surface area contributed by atoms with E-state index in [1.165, 1.54) is 5.56 Å². The molecule has 2 aliphatic rings. The van der Waals surface area contributed by atoms with Crippen LogP contribution in [-0.4, -0.2) is 70.9 Å². The zero-order valence-corrected chi connectivity index (χ0v) is 15.4. The number of aliphatic hydroxyl groups is 2. The molecule has 0 aromatic heterocycles. The number of ether oxygens (including phenoxy) is 1. The van der Waals surface area contributed by atoms with Gasteiger partial charge in [0.25, 0.3) is 0 Å². The molecule has 0 saturated carbocycles. The fraction of sp³-hybridized carbons (Fsp3) is 0.667. The third-order valence-corrected chi connectivity index (χ3v) is 5.08. The molecule has 2 heterocycles. The molecule has 6 heteroatoms. The van der Waals surface area contributed by atoms with Crippen LogP contribution in [0.25, 0.3) is 0 Å². The van der Waals surface area contributed by atoms with Crippen LogP contribution >= 0.6 is 23.2 Å². The molecule has 1 aromatic carbocycles. The molecule has 0 amide bonds. The molecule has 4 nitrogen and oxygen atoms in total. The van der Waals surface area contributed by atoms with Gasteiger partial charge in [-0.15, -0.1) is 23.2 Å². The van der Waals surface area contributed by atoms with Crippen molar-refractivity contribution in [3.63, 3.8) is 0 Å². The van der Waals surface area contributed by atoms with Gasteiger partial charge in [0.15, 0.2) is 0 Å². The molecule has 2 fully saturated rings. The van der Waals surface area contributed by atoms with Crippen molar-refractivity contribution < 1.29 is 14.9 Å². The molecule has 24 heavy (non-hydrogen) atoms. The standard InChI is InChI=1S/C15H22ClNO2.C3H5ClO/c16-11-14(18)12-17-8-6-15(19,7-9-17)10-13-4-2-1-3-5-13;4-1-3-2-5-3/h1-5,14,18-19H,6-12H2;3H,1-2H2. The number of hydrogen-bond donors (Lipinski definition) is 2. The minimum atomic E-state index is -0.607. The topological polar surface area (TPSA) is 56.2 Å². The summed E-state index contributed by atoms with van der Waals surface area (Å²) in [6.45, 7) is 3.11. The van der Waals surface area contributed by atoms with E-state index in [9.17, 15) is 10.2 Å². The minimum Gasteiger partial charge on any atom is -0.391 e.